The van der Waals surface area contributed by atoms with Gasteiger partial charge in [-0.3, -0.25) is 4.79 Å². The number of primary amides is 2. The van der Waals surface area contributed by atoms with Crippen LogP contribution < -0.4 is 11.5 Å². The van der Waals surface area contributed by atoms with Crippen molar-refractivity contribution in [3.05, 3.63) is 46.8 Å². The van der Waals surface area contributed by atoms with Gasteiger partial charge in [0.25, 0.3) is 5.91 Å². The number of alkyl halides is 3. The molecule has 0 saturated heterocycles. The van der Waals surface area contributed by atoms with Crippen LogP contribution in [0.5, 0.6) is 0 Å². The van der Waals surface area contributed by atoms with Gasteiger partial charge >= 0.3 is 12.2 Å². The van der Waals surface area contributed by atoms with E-state index in [-0.39, 0.29) is 12.1 Å². The Hall–Kier alpha value is -2.97. The Labute approximate surface area is 159 Å². The summed E-state index contributed by atoms with van der Waals surface area (Å²) in [5.41, 5.74) is 12.5. The average Bonchev–Trinajstić information content (AvgIpc) is 2.99. The summed E-state index contributed by atoms with van der Waals surface area (Å²) < 4.78 is 41.2. The van der Waals surface area contributed by atoms with Crippen LogP contribution in [0.4, 0.5) is 18.0 Å². The van der Waals surface area contributed by atoms with Gasteiger partial charge in [-0.25, -0.2) is 4.79 Å². The Kier molecular flexibility index (Phi) is 5.10. The van der Waals surface area contributed by atoms with Crippen molar-refractivity contribution >= 4 is 11.9 Å². The van der Waals surface area contributed by atoms with E-state index in [1.54, 1.807) is 6.20 Å². The molecule has 0 spiro atoms. The molecule has 1 aromatic carbocycles. The molecule has 0 bridgehead atoms. The summed E-state index contributed by atoms with van der Waals surface area (Å²) in [6.07, 6.45) is -1.67. The minimum absolute atomic E-state index is 0.122. The molecule has 1 aliphatic heterocycles. The van der Waals surface area contributed by atoms with Crippen molar-refractivity contribution < 1.29 is 22.8 Å². The third kappa shape index (κ3) is 3.56. The van der Waals surface area contributed by atoms with Crippen LogP contribution in [0.15, 0.2) is 24.4 Å². The van der Waals surface area contributed by atoms with Crippen LogP contribution in [0.2, 0.25) is 0 Å². The number of fused-ring (bicyclic) bond motifs is 1. The minimum Gasteiger partial charge on any atom is -0.366 e. The van der Waals surface area contributed by atoms with E-state index in [0.29, 0.717) is 48.3 Å². The quantitative estimate of drug-likeness (QED) is 0.834. The highest BCUT2D eigenvalue weighted by atomic mass is 19.4. The summed E-state index contributed by atoms with van der Waals surface area (Å²) in [5, 5.41) is 0. The topological polar surface area (TPSA) is 94.3 Å². The molecular weight excluding hydrogens is 373 g/mol. The molecule has 2 aromatic rings. The third-order valence-corrected chi connectivity index (χ3v) is 4.94. The first-order chi connectivity index (χ1) is 13.1. The van der Waals surface area contributed by atoms with Gasteiger partial charge in [-0.05, 0) is 29.7 Å². The first-order valence-electron chi connectivity index (χ1n) is 8.90. The van der Waals surface area contributed by atoms with Gasteiger partial charge in [0.05, 0.1) is 23.4 Å². The van der Waals surface area contributed by atoms with Crippen molar-refractivity contribution in [1.29, 1.82) is 0 Å². The molecule has 0 saturated carbocycles. The normalized spacial score (nSPS) is 14.1. The number of benzene rings is 1. The molecule has 0 unspecified atom stereocenters. The Balaban J connectivity index is 2.17. The third-order valence-electron chi connectivity index (χ3n) is 4.94. The highest BCUT2D eigenvalue weighted by Gasteiger charge is 2.32. The Morgan fingerprint density at radius 3 is 2.43 bits per heavy atom. The number of hydrogen-bond acceptors (Lipinski definition) is 2. The van der Waals surface area contributed by atoms with E-state index in [9.17, 15) is 22.8 Å². The zero-order valence-corrected chi connectivity index (χ0v) is 15.3. The molecule has 150 valence electrons. The van der Waals surface area contributed by atoms with Gasteiger partial charge < -0.3 is 20.9 Å². The minimum atomic E-state index is -4.45. The maximum Gasteiger partial charge on any atom is 0.416 e. The van der Waals surface area contributed by atoms with Crippen LogP contribution in [0, 0.1) is 0 Å². The maximum atomic E-state index is 13.1. The second-order valence-electron chi connectivity index (χ2n) is 6.80. The number of urea groups is 1. The molecule has 0 radical (unpaired) electrons. The van der Waals surface area contributed by atoms with Crippen LogP contribution >= 0.6 is 0 Å². The van der Waals surface area contributed by atoms with Crippen LogP contribution in [0.25, 0.3) is 11.1 Å². The summed E-state index contributed by atoms with van der Waals surface area (Å²) in [4.78, 5) is 25.1. The molecule has 6 nitrogen and oxygen atoms in total. The van der Waals surface area contributed by atoms with Crippen LogP contribution in [-0.4, -0.2) is 28.0 Å². The lowest BCUT2D eigenvalue weighted by molar-refractivity contribution is -0.137. The van der Waals surface area contributed by atoms with Crippen LogP contribution in [0.1, 0.15) is 40.5 Å². The van der Waals surface area contributed by atoms with Crippen molar-refractivity contribution in [2.45, 2.75) is 39.0 Å². The van der Waals surface area contributed by atoms with Crippen molar-refractivity contribution in [3.8, 4) is 11.1 Å². The van der Waals surface area contributed by atoms with Gasteiger partial charge in [-0.2, -0.15) is 13.2 Å². The zero-order valence-electron chi connectivity index (χ0n) is 15.3. The van der Waals surface area contributed by atoms with Crippen molar-refractivity contribution in [3.63, 3.8) is 0 Å². The first kappa shape index (κ1) is 19.8. The summed E-state index contributed by atoms with van der Waals surface area (Å²) in [7, 11) is 0. The van der Waals surface area contributed by atoms with E-state index in [1.807, 2.05) is 11.5 Å². The standard InChI is InChI=1S/C19H21F3N4O2/c1-2-3-11-8-12(19(20,21)22)4-5-13(11)14-9-25-6-7-26(18(24)28)10-15(25)16(14)17(23)27/h4-5,8-9H,2-3,6-7,10H2,1H3,(H2,23,27)(H2,24,28). The second kappa shape index (κ2) is 7.21. The summed E-state index contributed by atoms with van der Waals surface area (Å²) >= 11 is 0. The fraction of sp³-hybridized carbons (Fsp3) is 0.368. The number of amides is 3. The predicted octanol–water partition coefficient (Wildman–Crippen LogP) is 3.12. The zero-order chi connectivity index (χ0) is 20.6. The molecule has 3 amide bonds. The molecule has 0 atom stereocenters. The van der Waals surface area contributed by atoms with E-state index in [4.69, 9.17) is 11.5 Å². The summed E-state index contributed by atoms with van der Waals surface area (Å²) in [6.45, 7) is 2.79. The maximum absolute atomic E-state index is 13.1. The molecule has 0 fully saturated rings. The highest BCUT2D eigenvalue weighted by Crippen LogP contribution is 2.37. The number of halogens is 3. The second-order valence-corrected chi connectivity index (χ2v) is 6.80. The SMILES string of the molecule is CCCc1cc(C(F)(F)F)ccc1-c1cn2c(c1C(N)=O)CN(C(N)=O)CC2. The number of carbonyl (C=O) groups excluding carboxylic acids is 2. The van der Waals surface area contributed by atoms with Gasteiger partial charge in [-0.1, -0.05) is 19.4 Å². The molecule has 1 aromatic heterocycles. The number of hydrogen-bond donors (Lipinski definition) is 2. The molecule has 4 N–H and O–H groups in total. The van der Waals surface area contributed by atoms with Gasteiger partial charge in [-0.15, -0.1) is 0 Å². The van der Waals surface area contributed by atoms with E-state index >= 15 is 0 Å². The van der Waals surface area contributed by atoms with Gasteiger partial charge in [0.1, 0.15) is 0 Å². The van der Waals surface area contributed by atoms with E-state index < -0.39 is 23.7 Å². The largest absolute Gasteiger partial charge is 0.416 e. The van der Waals surface area contributed by atoms with Gasteiger partial charge in [0.15, 0.2) is 0 Å². The Morgan fingerprint density at radius 1 is 1.14 bits per heavy atom. The molecule has 2 heterocycles. The van der Waals surface area contributed by atoms with Crippen molar-refractivity contribution in [2.75, 3.05) is 6.54 Å². The van der Waals surface area contributed by atoms with Gasteiger partial charge in [0.2, 0.25) is 0 Å². The monoisotopic (exact) mass is 394 g/mol. The van der Waals surface area contributed by atoms with E-state index in [0.717, 1.165) is 12.1 Å². The molecule has 9 heteroatoms. The van der Waals surface area contributed by atoms with Crippen LogP contribution in [-0.2, 0) is 25.7 Å². The molecule has 3 rings (SSSR count). The number of aromatic nitrogens is 1. The number of nitrogens with zero attached hydrogens (tertiary/aromatic N) is 2. The molecule has 0 aliphatic carbocycles. The summed E-state index contributed by atoms with van der Waals surface area (Å²) in [6, 6.07) is 2.90. The molecule has 1 aliphatic rings. The first-order valence-corrected chi connectivity index (χ1v) is 8.90. The predicted molar refractivity (Wildman–Crippen MR) is 97.4 cm³/mol. The Bertz CT molecular complexity index is 934. The number of aryl methyl sites for hydroxylation is 1. The molecular formula is C19H21F3N4O2. The lowest BCUT2D eigenvalue weighted by Gasteiger charge is -2.27. The lowest BCUT2D eigenvalue weighted by Crippen LogP contribution is -2.41. The highest BCUT2D eigenvalue weighted by molar-refractivity contribution is 6.02. The molecule has 28 heavy (non-hydrogen) atoms. The fourth-order valence-corrected chi connectivity index (χ4v) is 3.63. The van der Waals surface area contributed by atoms with E-state index in [2.05, 4.69) is 0 Å². The Morgan fingerprint density at radius 2 is 1.86 bits per heavy atom. The average molecular weight is 394 g/mol. The van der Waals surface area contributed by atoms with E-state index in [1.165, 1.54) is 11.0 Å². The van der Waals surface area contributed by atoms with Crippen molar-refractivity contribution in [1.82, 2.24) is 9.47 Å². The fourth-order valence-electron chi connectivity index (χ4n) is 3.63. The summed E-state index contributed by atoms with van der Waals surface area (Å²) in [5.74, 6) is -0.697. The number of carbonyl (C=O) groups is 2. The van der Waals surface area contributed by atoms with Gasteiger partial charge in [0, 0.05) is 24.8 Å². The number of nitrogens with two attached hydrogens (primary N) is 2. The van der Waals surface area contributed by atoms with Crippen LogP contribution in [0.3, 0.4) is 0 Å². The number of rotatable bonds is 4. The van der Waals surface area contributed by atoms with Crippen molar-refractivity contribution in [2.24, 2.45) is 11.5 Å². The lowest BCUT2D eigenvalue weighted by atomic mass is 9.93. The smallest absolute Gasteiger partial charge is 0.366 e.